The van der Waals surface area contributed by atoms with Gasteiger partial charge in [0.2, 0.25) is 5.91 Å². The van der Waals surface area contributed by atoms with E-state index in [2.05, 4.69) is 15.3 Å². The van der Waals surface area contributed by atoms with Gasteiger partial charge in [-0.15, -0.1) is 0 Å². The van der Waals surface area contributed by atoms with Crippen molar-refractivity contribution in [1.82, 2.24) is 19.1 Å². The number of amides is 1. The Morgan fingerprint density at radius 2 is 1.81 bits per heavy atom. The molecule has 4 rings (SSSR count). The molecule has 10 heteroatoms. The van der Waals surface area contributed by atoms with E-state index >= 15 is 0 Å². The van der Waals surface area contributed by atoms with Crippen LogP contribution in [0.3, 0.4) is 0 Å². The molecule has 2 aromatic carbocycles. The molecular formula is C21H15ClFN5O3. The molecule has 0 radical (unpaired) electrons. The summed E-state index contributed by atoms with van der Waals surface area (Å²) in [6, 6.07) is 12.2. The van der Waals surface area contributed by atoms with E-state index in [9.17, 15) is 18.8 Å². The number of hydrogen-bond donors (Lipinski definition) is 1. The number of hydrogen-bond acceptors (Lipinski definition) is 5. The van der Waals surface area contributed by atoms with Crippen molar-refractivity contribution in [2.75, 3.05) is 5.32 Å². The molecule has 0 atom stereocenters. The highest BCUT2D eigenvalue weighted by atomic mass is 35.5. The third-order valence-electron chi connectivity index (χ3n) is 4.54. The van der Waals surface area contributed by atoms with Crippen LogP contribution in [0.5, 0.6) is 0 Å². The number of nitrogens with zero attached hydrogens (tertiary/aromatic N) is 4. The lowest BCUT2D eigenvalue weighted by Crippen LogP contribution is -2.42. The van der Waals surface area contributed by atoms with Crippen molar-refractivity contribution in [1.29, 1.82) is 0 Å². The van der Waals surface area contributed by atoms with E-state index in [4.69, 9.17) is 11.6 Å². The Kier molecular flexibility index (Phi) is 5.59. The first kappa shape index (κ1) is 20.4. The van der Waals surface area contributed by atoms with Crippen LogP contribution in [0.25, 0.3) is 11.2 Å². The second-order valence-electron chi connectivity index (χ2n) is 6.64. The van der Waals surface area contributed by atoms with Crippen molar-refractivity contribution < 1.29 is 9.18 Å². The van der Waals surface area contributed by atoms with E-state index in [1.807, 2.05) is 0 Å². The first-order chi connectivity index (χ1) is 14.9. The molecule has 0 unspecified atom stereocenters. The van der Waals surface area contributed by atoms with Gasteiger partial charge in [0, 0.05) is 23.1 Å². The number of halogens is 2. The van der Waals surface area contributed by atoms with Crippen LogP contribution in [0, 0.1) is 5.82 Å². The van der Waals surface area contributed by atoms with E-state index in [0.29, 0.717) is 10.6 Å². The van der Waals surface area contributed by atoms with Gasteiger partial charge < -0.3 is 5.32 Å². The molecule has 8 nitrogen and oxygen atoms in total. The summed E-state index contributed by atoms with van der Waals surface area (Å²) in [5.74, 6) is -1.11. The summed E-state index contributed by atoms with van der Waals surface area (Å²) < 4.78 is 15.4. The van der Waals surface area contributed by atoms with Crippen molar-refractivity contribution >= 4 is 34.4 Å². The Labute approximate surface area is 179 Å². The maximum Gasteiger partial charge on any atom is 0.333 e. The minimum absolute atomic E-state index is 0.0256. The molecule has 1 N–H and O–H groups in total. The minimum atomic E-state index is -0.743. The number of anilines is 1. The lowest BCUT2D eigenvalue weighted by molar-refractivity contribution is -0.116. The van der Waals surface area contributed by atoms with Crippen LogP contribution in [-0.2, 0) is 17.9 Å². The average molecular weight is 440 g/mol. The maximum absolute atomic E-state index is 13.4. The molecule has 0 aliphatic carbocycles. The average Bonchev–Trinajstić information content (AvgIpc) is 2.75. The van der Waals surface area contributed by atoms with Gasteiger partial charge >= 0.3 is 5.69 Å². The van der Waals surface area contributed by atoms with E-state index in [-0.39, 0.29) is 23.4 Å². The molecule has 2 aromatic heterocycles. The normalized spacial score (nSPS) is 10.9. The molecular weight excluding hydrogens is 425 g/mol. The summed E-state index contributed by atoms with van der Waals surface area (Å²) in [4.78, 5) is 46.7. The lowest BCUT2D eigenvalue weighted by atomic mass is 10.2. The third-order valence-corrected chi connectivity index (χ3v) is 4.91. The van der Waals surface area contributed by atoms with Crippen LogP contribution in [0.2, 0.25) is 5.02 Å². The Morgan fingerprint density at radius 3 is 2.58 bits per heavy atom. The summed E-state index contributed by atoms with van der Waals surface area (Å²) in [6.45, 7) is -0.553. The number of nitrogens with one attached hydrogen (secondary N) is 1. The summed E-state index contributed by atoms with van der Waals surface area (Å²) in [5.41, 5.74) is -0.683. The molecule has 0 aliphatic heterocycles. The highest BCUT2D eigenvalue weighted by Gasteiger charge is 2.18. The van der Waals surface area contributed by atoms with Crippen LogP contribution < -0.4 is 16.6 Å². The van der Waals surface area contributed by atoms with Crippen molar-refractivity contribution in [2.24, 2.45) is 0 Å². The lowest BCUT2D eigenvalue weighted by Gasteiger charge is -2.13. The molecule has 4 aromatic rings. The summed E-state index contributed by atoms with van der Waals surface area (Å²) in [6.07, 6.45) is 2.64. The Bertz CT molecular complexity index is 1420. The van der Waals surface area contributed by atoms with Crippen molar-refractivity contribution in [3.63, 3.8) is 0 Å². The zero-order valence-electron chi connectivity index (χ0n) is 16.0. The number of aromatic nitrogens is 4. The topological polar surface area (TPSA) is 98.9 Å². The number of carbonyl (C=O) groups is 1. The molecule has 0 aliphatic rings. The van der Waals surface area contributed by atoms with E-state index in [0.717, 1.165) is 15.2 Å². The van der Waals surface area contributed by atoms with E-state index < -0.39 is 29.5 Å². The zero-order valence-corrected chi connectivity index (χ0v) is 16.7. The monoisotopic (exact) mass is 439 g/mol. The van der Waals surface area contributed by atoms with Crippen LogP contribution in [0.15, 0.2) is 70.5 Å². The Morgan fingerprint density at radius 1 is 1.03 bits per heavy atom. The van der Waals surface area contributed by atoms with E-state index in [1.165, 1.54) is 30.6 Å². The van der Waals surface area contributed by atoms with Gasteiger partial charge in [0.25, 0.3) is 5.56 Å². The first-order valence-corrected chi connectivity index (χ1v) is 9.55. The molecule has 0 bridgehead atoms. The second-order valence-corrected chi connectivity index (χ2v) is 7.05. The number of rotatable bonds is 5. The summed E-state index contributed by atoms with van der Waals surface area (Å²) >= 11 is 6.18. The van der Waals surface area contributed by atoms with E-state index in [1.54, 1.807) is 24.3 Å². The molecule has 0 fully saturated rings. The fraction of sp³-hybridized carbons (Fsp3) is 0.0952. The Hall–Kier alpha value is -3.85. The van der Waals surface area contributed by atoms with Gasteiger partial charge in [0.15, 0.2) is 11.2 Å². The fourth-order valence-electron chi connectivity index (χ4n) is 3.12. The highest BCUT2D eigenvalue weighted by molar-refractivity contribution is 6.31. The molecule has 1 amide bonds. The minimum Gasteiger partial charge on any atom is -0.324 e. The SMILES string of the molecule is O=C(Cn1c(=O)n(Cc2ccccc2Cl)c(=O)c2nccnc21)Nc1cccc(F)c1. The van der Waals surface area contributed by atoms with Gasteiger partial charge in [-0.3, -0.25) is 18.7 Å². The maximum atomic E-state index is 13.4. The first-order valence-electron chi connectivity index (χ1n) is 9.17. The molecule has 2 heterocycles. The molecule has 156 valence electrons. The van der Waals surface area contributed by atoms with Gasteiger partial charge in [0.1, 0.15) is 12.4 Å². The predicted molar refractivity (Wildman–Crippen MR) is 114 cm³/mol. The van der Waals surface area contributed by atoms with Crippen molar-refractivity contribution in [2.45, 2.75) is 13.1 Å². The number of fused-ring (bicyclic) bond motifs is 1. The van der Waals surface area contributed by atoms with Crippen LogP contribution >= 0.6 is 11.6 Å². The largest absolute Gasteiger partial charge is 0.333 e. The number of carbonyl (C=O) groups excluding carboxylic acids is 1. The highest BCUT2D eigenvalue weighted by Crippen LogP contribution is 2.15. The van der Waals surface area contributed by atoms with Crippen molar-refractivity contribution in [3.05, 3.63) is 98.2 Å². The standard InChI is InChI=1S/C21H15ClFN5O3/c22-16-7-2-1-4-13(16)11-28-20(30)18-19(25-9-8-24-18)27(21(28)31)12-17(29)26-15-6-3-5-14(23)10-15/h1-10H,11-12H2,(H,26,29). The smallest absolute Gasteiger partial charge is 0.324 e. The zero-order chi connectivity index (χ0) is 22.0. The third kappa shape index (κ3) is 4.22. The molecule has 31 heavy (non-hydrogen) atoms. The van der Waals surface area contributed by atoms with Gasteiger partial charge in [-0.05, 0) is 29.8 Å². The fourth-order valence-corrected chi connectivity index (χ4v) is 3.31. The van der Waals surface area contributed by atoms with Crippen LogP contribution in [-0.4, -0.2) is 25.0 Å². The quantitative estimate of drug-likeness (QED) is 0.515. The summed E-state index contributed by atoms with van der Waals surface area (Å²) in [5, 5.41) is 2.91. The predicted octanol–water partition coefficient (Wildman–Crippen LogP) is 2.43. The second kappa shape index (κ2) is 8.49. The van der Waals surface area contributed by atoms with Gasteiger partial charge in [-0.25, -0.2) is 19.2 Å². The van der Waals surface area contributed by atoms with Gasteiger partial charge in [-0.1, -0.05) is 35.9 Å². The molecule has 0 spiro atoms. The molecule has 0 saturated heterocycles. The summed E-state index contributed by atoms with van der Waals surface area (Å²) in [7, 11) is 0. The molecule has 0 saturated carbocycles. The number of benzene rings is 2. The van der Waals surface area contributed by atoms with Crippen LogP contribution in [0.4, 0.5) is 10.1 Å². The van der Waals surface area contributed by atoms with Crippen molar-refractivity contribution in [3.8, 4) is 0 Å². The van der Waals surface area contributed by atoms with Gasteiger partial charge in [0.05, 0.1) is 6.54 Å². The van der Waals surface area contributed by atoms with Crippen LogP contribution in [0.1, 0.15) is 5.56 Å². The van der Waals surface area contributed by atoms with Gasteiger partial charge in [-0.2, -0.15) is 0 Å². The Balaban J connectivity index is 1.77.